The Morgan fingerprint density at radius 1 is 1.26 bits per heavy atom. The molecule has 1 aromatic carbocycles. The zero-order valence-electron chi connectivity index (χ0n) is 16.6. The Balaban J connectivity index is 1.87. The predicted molar refractivity (Wildman–Crippen MR) is 106 cm³/mol. The van der Waals surface area contributed by atoms with Gasteiger partial charge in [-0.2, -0.15) is 0 Å². The van der Waals surface area contributed by atoms with Crippen molar-refractivity contribution < 1.29 is 14.3 Å². The Morgan fingerprint density at radius 2 is 2.07 bits per heavy atom. The topological polar surface area (TPSA) is 51.7 Å². The number of pyridine rings is 1. The molecule has 144 valence electrons. The number of carbonyl (C=O) groups is 1. The lowest BCUT2D eigenvalue weighted by Gasteiger charge is -2.28. The first-order chi connectivity index (χ1) is 12.8. The van der Waals surface area contributed by atoms with Gasteiger partial charge in [-0.1, -0.05) is 24.3 Å². The number of aromatic nitrogens is 1. The van der Waals surface area contributed by atoms with Gasteiger partial charge in [0.15, 0.2) is 0 Å². The molecule has 0 aliphatic carbocycles. The van der Waals surface area contributed by atoms with Crippen LogP contribution in [0.15, 0.2) is 42.6 Å². The second kappa shape index (κ2) is 8.09. The third-order valence-electron chi connectivity index (χ3n) is 4.53. The molecule has 0 spiro atoms. The normalized spacial score (nSPS) is 17.0. The van der Waals surface area contributed by atoms with Crippen molar-refractivity contribution in [2.75, 3.05) is 20.2 Å². The van der Waals surface area contributed by atoms with Gasteiger partial charge in [0.25, 0.3) is 0 Å². The summed E-state index contributed by atoms with van der Waals surface area (Å²) >= 11 is 0. The van der Waals surface area contributed by atoms with Crippen LogP contribution in [0.5, 0.6) is 0 Å². The van der Waals surface area contributed by atoms with E-state index in [1.807, 2.05) is 51.2 Å². The average Bonchev–Trinajstić information content (AvgIpc) is 2.83. The molecular weight excluding hydrogens is 340 g/mol. The van der Waals surface area contributed by atoms with Crippen molar-refractivity contribution in [1.82, 2.24) is 9.88 Å². The second-order valence-electron chi connectivity index (χ2n) is 7.91. The summed E-state index contributed by atoms with van der Waals surface area (Å²) in [5, 5.41) is 0. The Hall–Kier alpha value is -2.40. The number of hydrogen-bond donors (Lipinski definition) is 0. The summed E-state index contributed by atoms with van der Waals surface area (Å²) in [5.41, 5.74) is 3.99. The fourth-order valence-electron chi connectivity index (χ4n) is 3.33. The van der Waals surface area contributed by atoms with Gasteiger partial charge in [0.2, 0.25) is 0 Å². The maximum absolute atomic E-state index is 12.4. The summed E-state index contributed by atoms with van der Waals surface area (Å²) in [5.74, 6) is 0. The Kier molecular flexibility index (Phi) is 5.80. The SMILES string of the molecule is CN(CC1OCCCc2c(-c3ccccn3)cccc21)C(=O)OC(C)(C)C. The van der Waals surface area contributed by atoms with Gasteiger partial charge in [-0.05, 0) is 56.9 Å². The second-order valence-corrected chi connectivity index (χ2v) is 7.91. The molecule has 5 heteroatoms. The van der Waals surface area contributed by atoms with Crippen molar-refractivity contribution in [3.05, 3.63) is 53.7 Å². The van der Waals surface area contributed by atoms with Crippen molar-refractivity contribution in [2.24, 2.45) is 0 Å². The number of benzene rings is 1. The van der Waals surface area contributed by atoms with Gasteiger partial charge in [0, 0.05) is 25.4 Å². The molecule has 1 amide bonds. The van der Waals surface area contributed by atoms with E-state index in [0.29, 0.717) is 13.2 Å². The number of amides is 1. The molecule has 0 saturated carbocycles. The summed E-state index contributed by atoms with van der Waals surface area (Å²) in [6.07, 6.45) is 3.19. The first kappa shape index (κ1) is 19.4. The van der Waals surface area contributed by atoms with Gasteiger partial charge in [-0.15, -0.1) is 0 Å². The Labute approximate surface area is 161 Å². The monoisotopic (exact) mass is 368 g/mol. The lowest BCUT2D eigenvalue weighted by molar-refractivity contribution is 0.00410. The van der Waals surface area contributed by atoms with Crippen LogP contribution in [0.25, 0.3) is 11.3 Å². The third kappa shape index (κ3) is 4.86. The minimum absolute atomic E-state index is 0.177. The van der Waals surface area contributed by atoms with Gasteiger partial charge in [0.05, 0.1) is 12.2 Å². The smallest absolute Gasteiger partial charge is 0.410 e. The summed E-state index contributed by atoms with van der Waals surface area (Å²) in [6, 6.07) is 12.2. The molecule has 27 heavy (non-hydrogen) atoms. The molecule has 2 aromatic rings. The van der Waals surface area contributed by atoms with E-state index in [2.05, 4.69) is 17.1 Å². The number of likely N-dealkylation sites (N-methyl/N-ethyl adjacent to an activating group) is 1. The van der Waals surface area contributed by atoms with E-state index < -0.39 is 5.60 Å². The van der Waals surface area contributed by atoms with E-state index in [-0.39, 0.29) is 12.2 Å². The molecule has 5 nitrogen and oxygen atoms in total. The zero-order chi connectivity index (χ0) is 19.4. The number of ether oxygens (including phenoxy) is 2. The number of hydrogen-bond acceptors (Lipinski definition) is 4. The zero-order valence-corrected chi connectivity index (χ0v) is 16.6. The fraction of sp³-hybridized carbons (Fsp3) is 0.455. The molecular formula is C22H28N2O3. The minimum atomic E-state index is -0.514. The molecule has 0 radical (unpaired) electrons. The summed E-state index contributed by atoms with van der Waals surface area (Å²) in [6.45, 7) is 6.73. The van der Waals surface area contributed by atoms with Crippen molar-refractivity contribution >= 4 is 6.09 Å². The van der Waals surface area contributed by atoms with Crippen molar-refractivity contribution in [1.29, 1.82) is 0 Å². The van der Waals surface area contributed by atoms with E-state index in [9.17, 15) is 4.79 Å². The van der Waals surface area contributed by atoms with Crippen molar-refractivity contribution in [3.63, 3.8) is 0 Å². The van der Waals surface area contributed by atoms with E-state index in [1.165, 1.54) is 5.56 Å². The standard InChI is InChI=1S/C22H28N2O3/c1-22(2,3)27-21(25)24(4)15-20-18-10-7-9-17(16(18)11-8-14-26-20)19-12-5-6-13-23-19/h5-7,9-10,12-13,20H,8,11,14-15H2,1-4H3. The Morgan fingerprint density at radius 3 is 2.78 bits per heavy atom. The summed E-state index contributed by atoms with van der Waals surface area (Å²) in [7, 11) is 1.75. The lowest BCUT2D eigenvalue weighted by atomic mass is 9.92. The molecule has 1 aliphatic heterocycles. The highest BCUT2D eigenvalue weighted by Crippen LogP contribution is 2.33. The van der Waals surface area contributed by atoms with Crippen molar-refractivity contribution in [3.8, 4) is 11.3 Å². The largest absolute Gasteiger partial charge is 0.444 e. The van der Waals surface area contributed by atoms with Gasteiger partial charge in [-0.3, -0.25) is 4.98 Å². The highest BCUT2D eigenvalue weighted by atomic mass is 16.6. The van der Waals surface area contributed by atoms with E-state index in [1.54, 1.807) is 11.9 Å². The van der Waals surface area contributed by atoms with Gasteiger partial charge >= 0.3 is 6.09 Å². The van der Waals surface area contributed by atoms with Gasteiger partial charge in [-0.25, -0.2) is 4.79 Å². The summed E-state index contributed by atoms with van der Waals surface area (Å²) in [4.78, 5) is 18.5. The highest BCUT2D eigenvalue weighted by molar-refractivity contribution is 5.68. The third-order valence-corrected chi connectivity index (χ3v) is 4.53. The molecule has 2 heterocycles. The quantitative estimate of drug-likeness (QED) is 0.793. The van der Waals surface area contributed by atoms with Crippen LogP contribution in [-0.2, 0) is 15.9 Å². The lowest BCUT2D eigenvalue weighted by Crippen LogP contribution is -2.37. The molecule has 0 fully saturated rings. The van der Waals surface area contributed by atoms with Crippen molar-refractivity contribution in [2.45, 2.75) is 45.3 Å². The number of carbonyl (C=O) groups excluding carboxylic acids is 1. The molecule has 1 aliphatic rings. The maximum Gasteiger partial charge on any atom is 0.410 e. The van der Waals surface area contributed by atoms with Gasteiger partial charge < -0.3 is 14.4 Å². The van der Waals surface area contributed by atoms with E-state index >= 15 is 0 Å². The average molecular weight is 368 g/mol. The van der Waals surface area contributed by atoms with Crippen LogP contribution in [0.4, 0.5) is 4.79 Å². The molecule has 0 N–H and O–H groups in total. The number of fused-ring (bicyclic) bond motifs is 1. The fourth-order valence-corrected chi connectivity index (χ4v) is 3.33. The van der Waals surface area contributed by atoms with Crippen LogP contribution >= 0.6 is 0 Å². The van der Waals surface area contributed by atoms with Crippen LogP contribution in [0.3, 0.4) is 0 Å². The minimum Gasteiger partial charge on any atom is -0.444 e. The first-order valence-electron chi connectivity index (χ1n) is 9.44. The highest BCUT2D eigenvalue weighted by Gasteiger charge is 2.26. The number of nitrogens with zero attached hydrogens (tertiary/aromatic N) is 2. The summed E-state index contributed by atoms with van der Waals surface area (Å²) < 4.78 is 11.6. The van der Waals surface area contributed by atoms with Gasteiger partial charge in [0.1, 0.15) is 11.7 Å². The Bertz CT molecular complexity index is 784. The molecule has 1 atom stereocenters. The van der Waals surface area contributed by atoms with Crippen LogP contribution in [0, 0.1) is 0 Å². The predicted octanol–water partition coefficient (Wildman–Crippen LogP) is 4.62. The molecule has 1 aromatic heterocycles. The number of rotatable bonds is 3. The van der Waals surface area contributed by atoms with Crippen LogP contribution in [-0.4, -0.2) is 41.8 Å². The van der Waals surface area contributed by atoms with Crippen LogP contribution < -0.4 is 0 Å². The molecule has 0 saturated heterocycles. The van der Waals surface area contributed by atoms with Crippen LogP contribution in [0.2, 0.25) is 0 Å². The maximum atomic E-state index is 12.4. The first-order valence-corrected chi connectivity index (χ1v) is 9.44. The molecule has 0 bridgehead atoms. The van der Waals surface area contributed by atoms with E-state index in [4.69, 9.17) is 9.47 Å². The molecule has 3 rings (SSSR count). The van der Waals surface area contributed by atoms with E-state index in [0.717, 1.165) is 29.7 Å². The molecule has 1 unspecified atom stereocenters. The van der Waals surface area contributed by atoms with Crippen LogP contribution in [0.1, 0.15) is 44.4 Å².